The Morgan fingerprint density at radius 1 is 1.18 bits per heavy atom. The predicted octanol–water partition coefficient (Wildman–Crippen LogP) is 2.10. The van der Waals surface area contributed by atoms with Gasteiger partial charge >= 0.3 is 12.1 Å². The molecule has 0 aliphatic rings. The molecule has 17 heavy (non-hydrogen) atoms. The van der Waals surface area contributed by atoms with E-state index in [1.165, 1.54) is 0 Å². The van der Waals surface area contributed by atoms with E-state index >= 15 is 0 Å². The highest BCUT2D eigenvalue weighted by Crippen LogP contribution is 2.07. The summed E-state index contributed by atoms with van der Waals surface area (Å²) < 4.78 is 9.83. The average Bonchev–Trinajstić information content (AvgIpc) is 2.14. The van der Waals surface area contributed by atoms with Gasteiger partial charge in [-0.25, -0.2) is 9.59 Å². The Bertz CT molecular complexity index is 251. The van der Waals surface area contributed by atoms with E-state index in [0.717, 1.165) is 0 Å². The van der Waals surface area contributed by atoms with Crippen LogP contribution < -0.4 is 5.32 Å². The molecule has 1 atom stereocenters. The fourth-order valence-corrected chi connectivity index (χ4v) is 1.32. The number of ether oxygens (including phenoxy) is 2. The van der Waals surface area contributed by atoms with Crippen LogP contribution in [0.2, 0.25) is 0 Å². The Kier molecular flexibility index (Phi) is 7.34. The molecule has 5 nitrogen and oxygen atoms in total. The molecular formula is C12H23NO4. The van der Waals surface area contributed by atoms with E-state index in [1.807, 2.05) is 13.8 Å². The second-order valence-electron chi connectivity index (χ2n) is 4.53. The Morgan fingerprint density at radius 2 is 1.76 bits per heavy atom. The molecule has 0 bridgehead atoms. The van der Waals surface area contributed by atoms with Crippen LogP contribution in [-0.4, -0.2) is 30.8 Å². The number of amides is 1. The van der Waals surface area contributed by atoms with Crippen LogP contribution in [-0.2, 0) is 14.3 Å². The summed E-state index contributed by atoms with van der Waals surface area (Å²) in [4.78, 5) is 23.0. The number of hydrogen-bond acceptors (Lipinski definition) is 4. The Hall–Kier alpha value is -1.26. The summed E-state index contributed by atoms with van der Waals surface area (Å²) in [5, 5.41) is 2.53. The first kappa shape index (κ1) is 15.7. The fourth-order valence-electron chi connectivity index (χ4n) is 1.32. The second kappa shape index (κ2) is 7.92. The van der Waals surface area contributed by atoms with Gasteiger partial charge in [0.15, 0.2) is 0 Å². The zero-order chi connectivity index (χ0) is 13.4. The van der Waals surface area contributed by atoms with Crippen molar-refractivity contribution in [1.29, 1.82) is 0 Å². The first-order valence-corrected chi connectivity index (χ1v) is 6.00. The highest BCUT2D eigenvalue weighted by atomic mass is 16.6. The SMILES string of the molecule is CCOC(=O)[C@H](CC(C)C)NC(=O)OC(C)C. The summed E-state index contributed by atoms with van der Waals surface area (Å²) in [5.41, 5.74) is 0. The molecule has 0 aromatic carbocycles. The van der Waals surface area contributed by atoms with E-state index in [4.69, 9.17) is 9.47 Å². The van der Waals surface area contributed by atoms with Crippen molar-refractivity contribution in [3.8, 4) is 0 Å². The molecule has 0 saturated heterocycles. The molecule has 5 heteroatoms. The third kappa shape index (κ3) is 7.60. The van der Waals surface area contributed by atoms with Gasteiger partial charge in [-0.15, -0.1) is 0 Å². The molecule has 0 radical (unpaired) electrons. The van der Waals surface area contributed by atoms with E-state index in [2.05, 4.69) is 5.32 Å². The van der Waals surface area contributed by atoms with Crippen LogP contribution >= 0.6 is 0 Å². The molecule has 0 spiro atoms. The highest BCUT2D eigenvalue weighted by molar-refractivity contribution is 5.81. The third-order valence-electron chi connectivity index (χ3n) is 1.91. The maximum atomic E-state index is 11.6. The molecular weight excluding hydrogens is 222 g/mol. The van der Waals surface area contributed by atoms with Crippen molar-refractivity contribution >= 4 is 12.1 Å². The predicted molar refractivity (Wildman–Crippen MR) is 64.6 cm³/mol. The molecule has 0 fully saturated rings. The first-order chi connectivity index (χ1) is 7.86. The van der Waals surface area contributed by atoms with Gasteiger partial charge < -0.3 is 14.8 Å². The topological polar surface area (TPSA) is 64.6 Å². The third-order valence-corrected chi connectivity index (χ3v) is 1.91. The van der Waals surface area contributed by atoms with E-state index < -0.39 is 18.1 Å². The van der Waals surface area contributed by atoms with E-state index in [1.54, 1.807) is 20.8 Å². The molecule has 0 rings (SSSR count). The smallest absolute Gasteiger partial charge is 0.408 e. The molecule has 1 N–H and O–H groups in total. The maximum absolute atomic E-state index is 11.6. The summed E-state index contributed by atoms with van der Waals surface area (Å²) in [5.74, 6) is -0.134. The number of esters is 1. The molecule has 0 unspecified atom stereocenters. The first-order valence-electron chi connectivity index (χ1n) is 6.00. The minimum absolute atomic E-state index is 0.211. The monoisotopic (exact) mass is 245 g/mol. The zero-order valence-electron chi connectivity index (χ0n) is 11.3. The van der Waals surface area contributed by atoms with Gasteiger partial charge in [-0.05, 0) is 33.1 Å². The molecule has 0 aliphatic carbocycles. The van der Waals surface area contributed by atoms with Crippen LogP contribution in [0.5, 0.6) is 0 Å². The molecule has 0 saturated carbocycles. The van der Waals surface area contributed by atoms with Crippen molar-refractivity contribution in [1.82, 2.24) is 5.32 Å². The molecule has 1 amide bonds. The highest BCUT2D eigenvalue weighted by Gasteiger charge is 2.23. The van der Waals surface area contributed by atoms with E-state index in [0.29, 0.717) is 13.0 Å². The van der Waals surface area contributed by atoms with Crippen LogP contribution in [0.1, 0.15) is 41.0 Å². The number of carbonyl (C=O) groups excluding carboxylic acids is 2. The Balaban J connectivity index is 4.37. The van der Waals surface area contributed by atoms with Crippen LogP contribution in [0, 0.1) is 5.92 Å². The van der Waals surface area contributed by atoms with Crippen LogP contribution in [0.3, 0.4) is 0 Å². The van der Waals surface area contributed by atoms with Crippen LogP contribution in [0.25, 0.3) is 0 Å². The lowest BCUT2D eigenvalue weighted by atomic mass is 10.0. The zero-order valence-corrected chi connectivity index (χ0v) is 11.3. The largest absolute Gasteiger partial charge is 0.464 e. The summed E-state index contributed by atoms with van der Waals surface area (Å²) in [6.07, 6.45) is -0.262. The van der Waals surface area contributed by atoms with Gasteiger partial charge in [0.05, 0.1) is 12.7 Å². The second-order valence-corrected chi connectivity index (χ2v) is 4.53. The van der Waals surface area contributed by atoms with E-state index in [-0.39, 0.29) is 12.0 Å². The summed E-state index contributed by atoms with van der Waals surface area (Å²) in [6.45, 7) is 9.48. The minimum Gasteiger partial charge on any atom is -0.464 e. The van der Waals surface area contributed by atoms with Crippen LogP contribution in [0.4, 0.5) is 4.79 Å². The number of carbonyl (C=O) groups is 2. The van der Waals surface area contributed by atoms with E-state index in [9.17, 15) is 9.59 Å². The summed E-state index contributed by atoms with van der Waals surface area (Å²) >= 11 is 0. The quantitative estimate of drug-likeness (QED) is 0.728. The van der Waals surface area contributed by atoms with Crippen molar-refractivity contribution in [3.63, 3.8) is 0 Å². The van der Waals surface area contributed by atoms with Gasteiger partial charge in [-0.2, -0.15) is 0 Å². The Labute approximate surface area is 103 Å². The lowest BCUT2D eigenvalue weighted by molar-refractivity contribution is -0.146. The fraction of sp³-hybridized carbons (Fsp3) is 0.833. The van der Waals surface area contributed by atoms with Gasteiger partial charge in [0.25, 0.3) is 0 Å². The molecule has 100 valence electrons. The lowest BCUT2D eigenvalue weighted by Crippen LogP contribution is -2.43. The summed E-state index contributed by atoms with van der Waals surface area (Å²) in [7, 11) is 0. The molecule has 0 aromatic heterocycles. The normalized spacial score (nSPS) is 12.4. The average molecular weight is 245 g/mol. The van der Waals surface area contributed by atoms with Crippen molar-refractivity contribution in [2.45, 2.75) is 53.2 Å². The maximum Gasteiger partial charge on any atom is 0.408 e. The van der Waals surface area contributed by atoms with Crippen molar-refractivity contribution < 1.29 is 19.1 Å². The lowest BCUT2D eigenvalue weighted by Gasteiger charge is -2.19. The van der Waals surface area contributed by atoms with Gasteiger partial charge in [0.2, 0.25) is 0 Å². The Morgan fingerprint density at radius 3 is 2.18 bits per heavy atom. The molecule has 0 heterocycles. The summed E-state index contributed by atoms with van der Waals surface area (Å²) in [6, 6.07) is -0.638. The standard InChI is InChI=1S/C12H23NO4/c1-6-16-11(14)10(7-8(2)3)13-12(15)17-9(4)5/h8-10H,6-7H2,1-5H3,(H,13,15)/t10-/m0/s1. The number of nitrogens with one attached hydrogen (secondary N) is 1. The molecule has 0 aromatic rings. The number of rotatable bonds is 6. The van der Waals surface area contributed by atoms with Crippen molar-refractivity contribution in [2.24, 2.45) is 5.92 Å². The minimum atomic E-state index is -0.638. The van der Waals surface area contributed by atoms with Gasteiger partial charge in [0.1, 0.15) is 6.04 Å². The van der Waals surface area contributed by atoms with Gasteiger partial charge in [-0.1, -0.05) is 13.8 Å². The van der Waals surface area contributed by atoms with Gasteiger partial charge in [-0.3, -0.25) is 0 Å². The van der Waals surface area contributed by atoms with Crippen molar-refractivity contribution in [3.05, 3.63) is 0 Å². The van der Waals surface area contributed by atoms with Gasteiger partial charge in [0, 0.05) is 0 Å². The number of alkyl carbamates (subject to hydrolysis) is 1. The van der Waals surface area contributed by atoms with Crippen LogP contribution in [0.15, 0.2) is 0 Å². The number of hydrogen-bond donors (Lipinski definition) is 1. The van der Waals surface area contributed by atoms with Crippen molar-refractivity contribution in [2.75, 3.05) is 6.61 Å². The molecule has 0 aliphatic heterocycles.